The summed E-state index contributed by atoms with van der Waals surface area (Å²) in [5, 5.41) is 15.3. The van der Waals surface area contributed by atoms with E-state index in [4.69, 9.17) is 5.26 Å². The number of hydrogen-bond acceptors (Lipinski definition) is 3. The van der Waals surface area contributed by atoms with E-state index in [9.17, 15) is 8.78 Å². The van der Waals surface area contributed by atoms with Gasteiger partial charge in [-0.1, -0.05) is 0 Å². The third-order valence-electron chi connectivity index (χ3n) is 2.44. The van der Waals surface area contributed by atoms with Gasteiger partial charge in [0.25, 0.3) is 0 Å². The molecule has 0 bridgehead atoms. The van der Waals surface area contributed by atoms with Gasteiger partial charge in [0.2, 0.25) is 0 Å². The van der Waals surface area contributed by atoms with Crippen molar-refractivity contribution in [2.75, 3.05) is 5.32 Å². The molecule has 0 fully saturated rings. The number of benzene rings is 1. The minimum absolute atomic E-state index is 0.0570. The lowest BCUT2D eigenvalue weighted by Gasteiger charge is -2.07. The normalized spacial score (nSPS) is 10.2. The van der Waals surface area contributed by atoms with E-state index in [0.29, 0.717) is 11.4 Å². The number of nitriles is 1. The molecule has 1 aromatic heterocycles. The molecular formula is C12H10F2N4. The maximum absolute atomic E-state index is 13.6. The van der Waals surface area contributed by atoms with E-state index in [-0.39, 0.29) is 11.3 Å². The second-order valence-corrected chi connectivity index (χ2v) is 3.85. The fraction of sp³-hybridized carbons (Fsp3) is 0.167. The van der Waals surface area contributed by atoms with Crippen LogP contribution in [-0.4, -0.2) is 9.78 Å². The third-order valence-corrected chi connectivity index (χ3v) is 2.44. The summed E-state index contributed by atoms with van der Waals surface area (Å²) in [7, 11) is 1.71. The van der Waals surface area contributed by atoms with Crippen LogP contribution in [0.3, 0.4) is 0 Å². The molecular weight excluding hydrogens is 238 g/mol. The van der Waals surface area contributed by atoms with Crippen molar-refractivity contribution in [2.24, 2.45) is 7.05 Å². The number of aryl methyl sites for hydroxylation is 2. The van der Waals surface area contributed by atoms with Crippen LogP contribution < -0.4 is 5.32 Å². The summed E-state index contributed by atoms with van der Waals surface area (Å²) < 4.78 is 28.8. The summed E-state index contributed by atoms with van der Waals surface area (Å²) >= 11 is 0. The highest BCUT2D eigenvalue weighted by Gasteiger charge is 2.13. The zero-order valence-corrected chi connectivity index (χ0v) is 9.83. The average Bonchev–Trinajstić information content (AvgIpc) is 2.62. The fourth-order valence-corrected chi connectivity index (χ4v) is 1.61. The molecule has 1 N–H and O–H groups in total. The molecule has 0 radical (unpaired) electrons. The summed E-state index contributed by atoms with van der Waals surface area (Å²) in [6, 6.07) is 3.66. The molecule has 4 nitrogen and oxygen atoms in total. The number of halogens is 2. The molecule has 6 heteroatoms. The largest absolute Gasteiger partial charge is 0.348 e. The first-order chi connectivity index (χ1) is 8.51. The molecule has 0 saturated carbocycles. The van der Waals surface area contributed by atoms with Crippen LogP contribution in [-0.2, 0) is 7.05 Å². The molecule has 0 aliphatic rings. The standard InChI is InChI=1S/C12H10F2N4/c1-7-11(6-18(2)17-7)16-12-9(13)3-8(5-15)4-10(12)14/h3-4,6,16H,1-2H3. The molecule has 2 aromatic rings. The molecule has 1 aromatic carbocycles. The van der Waals surface area contributed by atoms with Crippen LogP contribution in [0.2, 0.25) is 0 Å². The topological polar surface area (TPSA) is 53.6 Å². The van der Waals surface area contributed by atoms with Crippen molar-refractivity contribution >= 4 is 11.4 Å². The Hall–Kier alpha value is -2.42. The quantitative estimate of drug-likeness (QED) is 0.888. The number of hydrogen-bond donors (Lipinski definition) is 1. The summed E-state index contributed by atoms with van der Waals surface area (Å²) in [5.41, 5.74) is 0.796. The molecule has 92 valence electrons. The van der Waals surface area contributed by atoms with Gasteiger partial charge >= 0.3 is 0 Å². The Morgan fingerprint density at radius 1 is 1.33 bits per heavy atom. The van der Waals surface area contributed by atoms with Gasteiger partial charge in [-0.2, -0.15) is 10.4 Å². The van der Waals surface area contributed by atoms with Crippen LogP contribution in [0.4, 0.5) is 20.2 Å². The number of rotatable bonds is 2. The Morgan fingerprint density at radius 3 is 2.39 bits per heavy atom. The van der Waals surface area contributed by atoms with Gasteiger partial charge in [-0.25, -0.2) is 8.78 Å². The van der Waals surface area contributed by atoms with E-state index in [0.717, 1.165) is 12.1 Å². The Kier molecular flexibility index (Phi) is 2.98. The molecule has 0 spiro atoms. The second kappa shape index (κ2) is 4.45. The van der Waals surface area contributed by atoms with E-state index in [1.54, 1.807) is 26.2 Å². The zero-order chi connectivity index (χ0) is 13.3. The van der Waals surface area contributed by atoms with Gasteiger partial charge in [0.15, 0.2) is 11.6 Å². The molecule has 0 aliphatic heterocycles. The maximum atomic E-state index is 13.6. The average molecular weight is 248 g/mol. The first-order valence-electron chi connectivity index (χ1n) is 5.17. The Morgan fingerprint density at radius 2 is 1.94 bits per heavy atom. The van der Waals surface area contributed by atoms with Crippen LogP contribution in [0, 0.1) is 29.9 Å². The first-order valence-corrected chi connectivity index (χ1v) is 5.17. The number of nitrogens with zero attached hydrogens (tertiary/aromatic N) is 3. The minimum Gasteiger partial charge on any atom is -0.348 e. The van der Waals surface area contributed by atoms with Crippen LogP contribution in [0.15, 0.2) is 18.3 Å². The molecule has 1 heterocycles. The molecule has 0 unspecified atom stereocenters. The van der Waals surface area contributed by atoms with Crippen molar-refractivity contribution < 1.29 is 8.78 Å². The molecule has 0 aliphatic carbocycles. The summed E-state index contributed by atoms with van der Waals surface area (Å²) in [5.74, 6) is -1.62. The van der Waals surface area contributed by atoms with Crippen LogP contribution in [0.1, 0.15) is 11.3 Å². The monoisotopic (exact) mass is 248 g/mol. The summed E-state index contributed by atoms with van der Waals surface area (Å²) in [4.78, 5) is 0. The highest BCUT2D eigenvalue weighted by atomic mass is 19.1. The molecule has 18 heavy (non-hydrogen) atoms. The SMILES string of the molecule is Cc1nn(C)cc1Nc1c(F)cc(C#N)cc1F. The molecule has 0 amide bonds. The van der Waals surface area contributed by atoms with Gasteiger partial charge in [-0.3, -0.25) is 4.68 Å². The van der Waals surface area contributed by atoms with E-state index >= 15 is 0 Å². The van der Waals surface area contributed by atoms with Crippen LogP contribution in [0.5, 0.6) is 0 Å². The van der Waals surface area contributed by atoms with Crippen molar-refractivity contribution in [1.29, 1.82) is 5.26 Å². The smallest absolute Gasteiger partial charge is 0.150 e. The van der Waals surface area contributed by atoms with E-state index in [1.165, 1.54) is 4.68 Å². The highest BCUT2D eigenvalue weighted by molar-refractivity contribution is 5.63. The summed E-state index contributed by atoms with van der Waals surface area (Å²) in [6.07, 6.45) is 1.62. The van der Waals surface area contributed by atoms with Crippen molar-refractivity contribution in [3.8, 4) is 6.07 Å². The van der Waals surface area contributed by atoms with Gasteiger partial charge in [0.1, 0.15) is 5.69 Å². The van der Waals surface area contributed by atoms with Gasteiger partial charge in [0.05, 0.1) is 23.0 Å². The van der Waals surface area contributed by atoms with Crippen molar-refractivity contribution in [3.63, 3.8) is 0 Å². The predicted octanol–water partition coefficient (Wildman–Crippen LogP) is 2.62. The van der Waals surface area contributed by atoms with Gasteiger partial charge in [-0.15, -0.1) is 0 Å². The van der Waals surface area contributed by atoms with Crippen molar-refractivity contribution in [2.45, 2.75) is 6.92 Å². The number of nitrogens with one attached hydrogen (secondary N) is 1. The van der Waals surface area contributed by atoms with E-state index < -0.39 is 11.6 Å². The van der Waals surface area contributed by atoms with Gasteiger partial charge in [-0.05, 0) is 19.1 Å². The van der Waals surface area contributed by atoms with Crippen LogP contribution >= 0.6 is 0 Å². The lowest BCUT2D eigenvalue weighted by atomic mass is 10.2. The summed E-state index contributed by atoms with van der Waals surface area (Å²) in [6.45, 7) is 1.72. The molecule has 0 saturated heterocycles. The zero-order valence-electron chi connectivity index (χ0n) is 9.83. The van der Waals surface area contributed by atoms with Crippen molar-refractivity contribution in [1.82, 2.24) is 9.78 Å². The van der Waals surface area contributed by atoms with Crippen molar-refractivity contribution in [3.05, 3.63) is 41.2 Å². The predicted molar refractivity (Wildman–Crippen MR) is 62.3 cm³/mol. The van der Waals surface area contributed by atoms with E-state index in [1.807, 2.05) is 0 Å². The minimum atomic E-state index is -0.810. The van der Waals surface area contributed by atoms with E-state index in [2.05, 4.69) is 10.4 Å². The lowest BCUT2D eigenvalue weighted by Crippen LogP contribution is -1.99. The van der Waals surface area contributed by atoms with Gasteiger partial charge in [0, 0.05) is 13.2 Å². The molecule has 0 atom stereocenters. The first kappa shape index (κ1) is 12.0. The Labute approximate surface area is 102 Å². The Balaban J connectivity index is 2.41. The second-order valence-electron chi connectivity index (χ2n) is 3.85. The third kappa shape index (κ3) is 2.15. The maximum Gasteiger partial charge on any atom is 0.150 e. The number of aromatic nitrogens is 2. The fourth-order valence-electron chi connectivity index (χ4n) is 1.61. The van der Waals surface area contributed by atoms with Crippen LogP contribution in [0.25, 0.3) is 0 Å². The molecule has 2 rings (SSSR count). The number of anilines is 2. The Bertz CT molecular complexity index is 617. The lowest BCUT2D eigenvalue weighted by molar-refractivity contribution is 0.590. The van der Waals surface area contributed by atoms with Gasteiger partial charge < -0.3 is 5.32 Å². The highest BCUT2D eigenvalue weighted by Crippen LogP contribution is 2.25.